The highest BCUT2D eigenvalue weighted by molar-refractivity contribution is 9.10. The monoisotopic (exact) mass is 364 g/mol. The first-order chi connectivity index (χ1) is 9.06. The van der Waals surface area contributed by atoms with Crippen LogP contribution >= 0.6 is 39.3 Å². The largest absolute Gasteiger partial charge is 0.327 e. The van der Waals surface area contributed by atoms with Crippen LogP contribution in [0.1, 0.15) is 19.2 Å². The van der Waals surface area contributed by atoms with Crippen molar-refractivity contribution in [1.29, 1.82) is 0 Å². The zero-order valence-corrected chi connectivity index (χ0v) is 13.9. The Kier molecular flexibility index (Phi) is 5.15. The lowest BCUT2D eigenvalue weighted by molar-refractivity contribution is 0.621. The molecule has 6 heteroatoms. The number of nitrogens with zero attached hydrogens (tertiary/aromatic N) is 2. The molecule has 0 aliphatic heterocycles. The fourth-order valence-electron chi connectivity index (χ4n) is 1.95. The molecule has 1 aromatic carbocycles. The molecule has 0 aliphatic carbocycles. The van der Waals surface area contributed by atoms with Gasteiger partial charge in [0.1, 0.15) is 11.6 Å². The topological polar surface area (TPSA) is 17.8 Å². The van der Waals surface area contributed by atoms with E-state index in [0.717, 1.165) is 24.3 Å². The maximum Gasteiger partial charge on any atom is 0.139 e. The molecule has 0 N–H and O–H groups in total. The van der Waals surface area contributed by atoms with Gasteiger partial charge < -0.3 is 4.57 Å². The van der Waals surface area contributed by atoms with Crippen molar-refractivity contribution < 1.29 is 4.39 Å². The highest BCUT2D eigenvalue weighted by atomic mass is 79.9. The van der Waals surface area contributed by atoms with Crippen LogP contribution in [-0.4, -0.2) is 21.1 Å². The zero-order chi connectivity index (χ0) is 14.0. The minimum atomic E-state index is -0.296. The van der Waals surface area contributed by atoms with Gasteiger partial charge in [-0.2, -0.15) is 11.8 Å². The fourth-order valence-corrected chi connectivity index (χ4v) is 2.83. The summed E-state index contributed by atoms with van der Waals surface area (Å²) in [6.45, 7) is 3.04. The number of aromatic nitrogens is 2. The smallest absolute Gasteiger partial charge is 0.139 e. The Labute approximate surface area is 129 Å². The van der Waals surface area contributed by atoms with Crippen molar-refractivity contribution >= 4 is 50.3 Å². The number of aryl methyl sites for hydroxylation is 1. The number of alkyl halides is 1. The highest BCUT2D eigenvalue weighted by Gasteiger charge is 2.13. The summed E-state index contributed by atoms with van der Waals surface area (Å²) in [7, 11) is 0. The van der Waals surface area contributed by atoms with E-state index < -0.39 is 0 Å². The molecule has 0 saturated heterocycles. The van der Waals surface area contributed by atoms with Gasteiger partial charge in [0.25, 0.3) is 0 Å². The van der Waals surface area contributed by atoms with Crippen molar-refractivity contribution in [1.82, 2.24) is 9.55 Å². The minimum Gasteiger partial charge on any atom is -0.327 e. The number of fused-ring (bicyclic) bond motifs is 1. The first-order valence-electron chi connectivity index (χ1n) is 5.99. The Morgan fingerprint density at radius 3 is 2.89 bits per heavy atom. The summed E-state index contributed by atoms with van der Waals surface area (Å²) in [5.41, 5.74) is 1.59. The third kappa shape index (κ3) is 3.26. The Morgan fingerprint density at radius 2 is 2.26 bits per heavy atom. The number of halogens is 3. The van der Waals surface area contributed by atoms with E-state index in [4.69, 9.17) is 11.6 Å². The van der Waals surface area contributed by atoms with E-state index >= 15 is 0 Å². The molecule has 2 aromatic rings. The molecule has 1 atom stereocenters. The Bertz CT molecular complexity index is 588. The van der Waals surface area contributed by atoms with E-state index in [0.29, 0.717) is 21.1 Å². The third-order valence-corrected chi connectivity index (χ3v) is 5.04. The minimum absolute atomic E-state index is 0.296. The molecule has 19 heavy (non-hydrogen) atoms. The number of hydrogen-bond donors (Lipinski definition) is 0. The zero-order valence-electron chi connectivity index (χ0n) is 10.8. The average molecular weight is 366 g/mol. The molecule has 2 nitrogen and oxygen atoms in total. The second-order valence-electron chi connectivity index (χ2n) is 4.40. The molecule has 0 aliphatic rings. The Balaban J connectivity index is 2.42. The predicted molar refractivity (Wildman–Crippen MR) is 84.5 cm³/mol. The third-order valence-electron chi connectivity index (χ3n) is 3.15. The molecule has 0 fully saturated rings. The van der Waals surface area contributed by atoms with Crippen LogP contribution in [0.4, 0.5) is 4.39 Å². The van der Waals surface area contributed by atoms with Gasteiger partial charge in [0.2, 0.25) is 0 Å². The summed E-state index contributed by atoms with van der Waals surface area (Å²) in [4.78, 5) is 4.40. The van der Waals surface area contributed by atoms with Crippen LogP contribution in [0, 0.1) is 5.82 Å². The van der Waals surface area contributed by atoms with E-state index in [2.05, 4.69) is 38.7 Å². The van der Waals surface area contributed by atoms with Crippen LogP contribution in [0.3, 0.4) is 0 Å². The molecule has 1 aromatic heterocycles. The predicted octanol–water partition coefficient (Wildman–Crippen LogP) is 4.82. The normalized spacial score (nSPS) is 13.1. The number of imidazole rings is 1. The van der Waals surface area contributed by atoms with Gasteiger partial charge in [0.05, 0.1) is 21.4 Å². The molecular weight excluding hydrogens is 351 g/mol. The standard InChI is InChI=1S/C13H15BrClFN2S/c1-8(19-2)3-4-18-12-5-9(14)10(16)6-11(12)17-13(18)7-15/h5-6,8H,3-4,7H2,1-2H3. The van der Waals surface area contributed by atoms with Gasteiger partial charge >= 0.3 is 0 Å². The van der Waals surface area contributed by atoms with Crippen LogP contribution in [0.15, 0.2) is 16.6 Å². The molecular formula is C13H15BrClFN2S. The van der Waals surface area contributed by atoms with E-state index in [1.165, 1.54) is 6.07 Å². The summed E-state index contributed by atoms with van der Waals surface area (Å²) in [5.74, 6) is 0.833. The summed E-state index contributed by atoms with van der Waals surface area (Å²) in [6.07, 6.45) is 3.14. The van der Waals surface area contributed by atoms with Gasteiger partial charge in [-0.25, -0.2) is 9.37 Å². The Morgan fingerprint density at radius 1 is 1.53 bits per heavy atom. The maximum absolute atomic E-state index is 13.5. The molecule has 0 bridgehead atoms. The Hall–Kier alpha value is -0.260. The number of hydrogen-bond acceptors (Lipinski definition) is 2. The van der Waals surface area contributed by atoms with Crippen molar-refractivity contribution in [2.45, 2.75) is 31.0 Å². The molecule has 0 amide bonds. The van der Waals surface area contributed by atoms with Crippen molar-refractivity contribution in [3.05, 3.63) is 28.2 Å². The highest BCUT2D eigenvalue weighted by Crippen LogP contribution is 2.25. The van der Waals surface area contributed by atoms with E-state index in [1.54, 1.807) is 6.07 Å². The molecule has 1 unspecified atom stereocenters. The van der Waals surface area contributed by atoms with Crippen LogP contribution < -0.4 is 0 Å². The first-order valence-corrected chi connectivity index (χ1v) is 8.61. The maximum atomic E-state index is 13.5. The number of rotatable bonds is 5. The van der Waals surface area contributed by atoms with Crippen LogP contribution in [0.2, 0.25) is 0 Å². The molecule has 0 saturated carbocycles. The van der Waals surface area contributed by atoms with E-state index in [9.17, 15) is 4.39 Å². The molecule has 104 valence electrons. The van der Waals surface area contributed by atoms with Gasteiger partial charge in [0.15, 0.2) is 0 Å². The lowest BCUT2D eigenvalue weighted by Crippen LogP contribution is -2.07. The molecule has 2 rings (SSSR count). The van der Waals surface area contributed by atoms with Gasteiger partial charge in [0, 0.05) is 17.9 Å². The van der Waals surface area contributed by atoms with Crippen LogP contribution in [-0.2, 0) is 12.4 Å². The molecule has 0 spiro atoms. The summed E-state index contributed by atoms with van der Waals surface area (Å²) in [5, 5.41) is 0.574. The summed E-state index contributed by atoms with van der Waals surface area (Å²) < 4.78 is 16.1. The lowest BCUT2D eigenvalue weighted by Gasteiger charge is -2.11. The number of thioether (sulfide) groups is 1. The average Bonchev–Trinajstić information content (AvgIpc) is 2.73. The van der Waals surface area contributed by atoms with Gasteiger partial charge in [-0.1, -0.05) is 6.92 Å². The summed E-state index contributed by atoms with van der Waals surface area (Å²) in [6, 6.07) is 3.22. The fraction of sp³-hybridized carbons (Fsp3) is 0.462. The van der Waals surface area contributed by atoms with E-state index in [1.807, 2.05) is 11.8 Å². The second kappa shape index (κ2) is 6.46. The first kappa shape index (κ1) is 15.1. The van der Waals surface area contributed by atoms with Crippen molar-refractivity contribution in [2.75, 3.05) is 6.26 Å². The number of benzene rings is 1. The van der Waals surface area contributed by atoms with Crippen molar-refractivity contribution in [2.24, 2.45) is 0 Å². The summed E-state index contributed by atoms with van der Waals surface area (Å²) >= 11 is 11.0. The van der Waals surface area contributed by atoms with Crippen LogP contribution in [0.5, 0.6) is 0 Å². The molecule has 0 radical (unpaired) electrons. The van der Waals surface area contributed by atoms with Gasteiger partial charge in [-0.05, 0) is 34.7 Å². The SMILES string of the molecule is CSC(C)CCn1c(CCl)nc2cc(F)c(Br)cc21. The van der Waals surface area contributed by atoms with Crippen molar-refractivity contribution in [3.8, 4) is 0 Å². The molecule has 1 heterocycles. The van der Waals surface area contributed by atoms with Gasteiger partial charge in [-0.3, -0.25) is 0 Å². The van der Waals surface area contributed by atoms with Crippen LogP contribution in [0.25, 0.3) is 11.0 Å². The van der Waals surface area contributed by atoms with Crippen molar-refractivity contribution in [3.63, 3.8) is 0 Å². The quantitative estimate of drug-likeness (QED) is 0.707. The van der Waals surface area contributed by atoms with E-state index in [-0.39, 0.29) is 5.82 Å². The van der Waals surface area contributed by atoms with Gasteiger partial charge in [-0.15, -0.1) is 11.6 Å². The second-order valence-corrected chi connectivity index (χ2v) is 6.80. The lowest BCUT2D eigenvalue weighted by atomic mass is 10.3.